The third-order valence-electron chi connectivity index (χ3n) is 4.27. The van der Waals surface area contributed by atoms with Crippen LogP contribution in [0, 0.1) is 11.3 Å². The summed E-state index contributed by atoms with van der Waals surface area (Å²) in [5.74, 6) is 2.18. The molecule has 3 rings (SSSR count). The largest absolute Gasteiger partial charge is 0.504 e. The Morgan fingerprint density at radius 1 is 1.30 bits per heavy atom. The zero-order valence-electron chi connectivity index (χ0n) is 15.4. The highest BCUT2D eigenvalue weighted by Gasteiger charge is 2.19. The Labute approximate surface area is 162 Å². The van der Waals surface area contributed by atoms with Crippen LogP contribution in [0.4, 0.5) is 17.3 Å². The minimum Gasteiger partial charge on any atom is -0.504 e. The first-order valence-corrected chi connectivity index (χ1v) is 9.43. The molecule has 0 fully saturated rings. The number of rotatable bonds is 7. The summed E-state index contributed by atoms with van der Waals surface area (Å²) in [6.45, 7) is 6.30. The molecular formula is C19H21N5O2S. The van der Waals surface area contributed by atoms with E-state index in [9.17, 15) is 5.11 Å². The van der Waals surface area contributed by atoms with E-state index in [1.807, 2.05) is 6.07 Å². The van der Waals surface area contributed by atoms with Crippen molar-refractivity contribution in [1.82, 2.24) is 8.75 Å². The van der Waals surface area contributed by atoms with Gasteiger partial charge in [-0.2, -0.15) is 14.0 Å². The Balaban J connectivity index is 1.81. The van der Waals surface area contributed by atoms with E-state index in [2.05, 4.69) is 46.2 Å². The first-order chi connectivity index (χ1) is 13.0. The molecule has 0 saturated heterocycles. The van der Waals surface area contributed by atoms with E-state index in [1.165, 1.54) is 0 Å². The van der Waals surface area contributed by atoms with Crippen molar-refractivity contribution in [2.45, 2.75) is 39.2 Å². The lowest BCUT2D eigenvalue weighted by Crippen LogP contribution is -2.10. The van der Waals surface area contributed by atoms with Gasteiger partial charge in [-0.05, 0) is 36.1 Å². The van der Waals surface area contributed by atoms with Crippen molar-refractivity contribution in [3.8, 4) is 11.8 Å². The Morgan fingerprint density at radius 3 is 2.74 bits per heavy atom. The van der Waals surface area contributed by atoms with Crippen LogP contribution in [0.15, 0.2) is 34.9 Å². The van der Waals surface area contributed by atoms with E-state index in [4.69, 9.17) is 9.68 Å². The van der Waals surface area contributed by atoms with Crippen LogP contribution in [0.25, 0.3) is 0 Å². The van der Waals surface area contributed by atoms with E-state index < -0.39 is 0 Å². The molecule has 0 aliphatic carbocycles. The van der Waals surface area contributed by atoms with Crippen LogP contribution in [0.5, 0.6) is 5.75 Å². The Kier molecular flexibility index (Phi) is 5.62. The number of benzene rings is 1. The lowest BCUT2D eigenvalue weighted by atomic mass is 10.1. The van der Waals surface area contributed by atoms with Gasteiger partial charge in [-0.1, -0.05) is 26.8 Å². The maximum Gasteiger partial charge on any atom is 0.188 e. The van der Waals surface area contributed by atoms with Crippen molar-refractivity contribution < 1.29 is 9.52 Å². The molecule has 1 atom stereocenters. The SMILES string of the molecule is CC[C@@H](Nc1nsnc1Nc1cccc(C#N)c1O)c1cc(C(C)C)co1. The van der Waals surface area contributed by atoms with Crippen LogP contribution in [-0.4, -0.2) is 13.9 Å². The number of hydrogen-bond donors (Lipinski definition) is 3. The highest BCUT2D eigenvalue weighted by atomic mass is 32.1. The van der Waals surface area contributed by atoms with E-state index in [1.54, 1.807) is 24.5 Å². The maximum absolute atomic E-state index is 10.2. The summed E-state index contributed by atoms with van der Waals surface area (Å²) in [6.07, 6.45) is 2.59. The predicted molar refractivity (Wildman–Crippen MR) is 105 cm³/mol. The van der Waals surface area contributed by atoms with Gasteiger partial charge in [0.05, 0.1) is 35.3 Å². The quantitative estimate of drug-likeness (QED) is 0.485. The van der Waals surface area contributed by atoms with Crippen molar-refractivity contribution >= 4 is 29.1 Å². The van der Waals surface area contributed by atoms with Gasteiger partial charge in [0.15, 0.2) is 17.4 Å². The number of nitriles is 1. The van der Waals surface area contributed by atoms with Crippen molar-refractivity contribution in [3.63, 3.8) is 0 Å². The lowest BCUT2D eigenvalue weighted by Gasteiger charge is -2.15. The fraction of sp³-hybridized carbons (Fsp3) is 0.316. The molecule has 2 heterocycles. The molecule has 0 aliphatic rings. The number of anilines is 3. The van der Waals surface area contributed by atoms with E-state index in [0.29, 0.717) is 23.2 Å². The van der Waals surface area contributed by atoms with Crippen molar-refractivity contribution in [1.29, 1.82) is 5.26 Å². The molecule has 8 heteroatoms. The van der Waals surface area contributed by atoms with E-state index >= 15 is 0 Å². The molecule has 0 bridgehead atoms. The molecule has 1 aromatic carbocycles. The average molecular weight is 383 g/mol. The zero-order chi connectivity index (χ0) is 19.4. The number of aromatic nitrogens is 2. The van der Waals surface area contributed by atoms with Crippen molar-refractivity contribution in [3.05, 3.63) is 47.4 Å². The lowest BCUT2D eigenvalue weighted by molar-refractivity contribution is 0.471. The van der Waals surface area contributed by atoms with Gasteiger partial charge in [-0.3, -0.25) is 0 Å². The van der Waals surface area contributed by atoms with Crippen LogP contribution in [-0.2, 0) is 0 Å². The standard InChI is InChI=1S/C19H21N5O2S/c1-4-14(16-8-13(10-26-16)11(2)3)21-18-19(24-27-23-18)22-15-7-5-6-12(9-20)17(15)25/h5-8,10-11,14,25H,4H2,1-3H3,(H,21,23)(H,22,24)/t14-/m1/s1. The zero-order valence-corrected chi connectivity index (χ0v) is 16.2. The summed E-state index contributed by atoms with van der Waals surface area (Å²) in [5, 5.41) is 25.6. The second kappa shape index (κ2) is 8.10. The Morgan fingerprint density at radius 2 is 2.07 bits per heavy atom. The number of hydrogen-bond acceptors (Lipinski definition) is 8. The van der Waals surface area contributed by atoms with Crippen LogP contribution in [0.3, 0.4) is 0 Å². The smallest absolute Gasteiger partial charge is 0.188 e. The van der Waals surface area contributed by atoms with Gasteiger partial charge >= 0.3 is 0 Å². The third kappa shape index (κ3) is 4.04. The highest BCUT2D eigenvalue weighted by molar-refractivity contribution is 6.99. The molecule has 3 aromatic rings. The van der Waals surface area contributed by atoms with Crippen LogP contribution in [0.1, 0.15) is 56.0 Å². The van der Waals surface area contributed by atoms with Gasteiger partial charge in [-0.15, -0.1) is 0 Å². The number of para-hydroxylation sites is 1. The van der Waals surface area contributed by atoms with Crippen LogP contribution < -0.4 is 10.6 Å². The van der Waals surface area contributed by atoms with E-state index in [0.717, 1.165) is 29.5 Å². The molecule has 2 aromatic heterocycles. The van der Waals surface area contributed by atoms with Gasteiger partial charge in [0.25, 0.3) is 0 Å². The monoisotopic (exact) mass is 383 g/mol. The minimum atomic E-state index is -0.112. The summed E-state index contributed by atoms with van der Waals surface area (Å²) < 4.78 is 14.3. The molecule has 0 aliphatic heterocycles. The second-order valence-corrected chi connectivity index (χ2v) is 6.97. The highest BCUT2D eigenvalue weighted by Crippen LogP contribution is 2.34. The Hall–Kier alpha value is -3.05. The van der Waals surface area contributed by atoms with Gasteiger partial charge < -0.3 is 20.2 Å². The second-order valence-electron chi connectivity index (χ2n) is 6.44. The maximum atomic E-state index is 10.2. The number of furan rings is 1. The first kappa shape index (κ1) is 18.7. The molecule has 3 N–H and O–H groups in total. The number of nitrogens with one attached hydrogen (secondary N) is 2. The fourth-order valence-corrected chi connectivity index (χ4v) is 3.10. The summed E-state index contributed by atoms with van der Waals surface area (Å²) >= 11 is 1.06. The molecule has 0 radical (unpaired) electrons. The molecule has 0 unspecified atom stereocenters. The number of aromatic hydroxyl groups is 1. The van der Waals surface area contributed by atoms with Gasteiger partial charge in [0.1, 0.15) is 11.8 Å². The van der Waals surface area contributed by atoms with Crippen LogP contribution in [0.2, 0.25) is 0 Å². The summed E-state index contributed by atoms with van der Waals surface area (Å²) in [7, 11) is 0. The molecule has 140 valence electrons. The molecule has 0 amide bonds. The van der Waals surface area contributed by atoms with Gasteiger partial charge in [0.2, 0.25) is 0 Å². The third-order valence-corrected chi connectivity index (χ3v) is 4.80. The van der Waals surface area contributed by atoms with Crippen molar-refractivity contribution in [2.75, 3.05) is 10.6 Å². The predicted octanol–water partition coefficient (Wildman–Crippen LogP) is 5.14. The first-order valence-electron chi connectivity index (χ1n) is 8.70. The number of phenols is 1. The summed E-state index contributed by atoms with van der Waals surface area (Å²) in [6, 6.07) is 8.88. The number of phenolic OH excluding ortho intramolecular Hbond substituents is 1. The average Bonchev–Trinajstić information content (AvgIpc) is 3.31. The van der Waals surface area contributed by atoms with Gasteiger partial charge in [0, 0.05) is 0 Å². The van der Waals surface area contributed by atoms with Crippen LogP contribution >= 0.6 is 11.7 Å². The molecule has 0 saturated carbocycles. The topological polar surface area (TPSA) is 107 Å². The van der Waals surface area contributed by atoms with Gasteiger partial charge in [-0.25, -0.2) is 0 Å². The normalized spacial score (nSPS) is 12.0. The van der Waals surface area contributed by atoms with E-state index in [-0.39, 0.29) is 17.4 Å². The molecule has 0 spiro atoms. The molecular weight excluding hydrogens is 362 g/mol. The van der Waals surface area contributed by atoms with Crippen molar-refractivity contribution in [2.24, 2.45) is 0 Å². The summed E-state index contributed by atoms with van der Waals surface area (Å²) in [4.78, 5) is 0. The minimum absolute atomic E-state index is 0.0546. The Bertz CT molecular complexity index is 957. The molecule has 7 nitrogen and oxygen atoms in total. The molecule has 27 heavy (non-hydrogen) atoms. The fourth-order valence-electron chi connectivity index (χ4n) is 2.62. The number of nitrogens with zero attached hydrogens (tertiary/aromatic N) is 3. The summed E-state index contributed by atoms with van der Waals surface area (Å²) in [5.41, 5.74) is 1.75.